The van der Waals surface area contributed by atoms with Crippen molar-refractivity contribution in [2.45, 2.75) is 0 Å². The van der Waals surface area contributed by atoms with E-state index in [1.807, 2.05) is 36.4 Å². The van der Waals surface area contributed by atoms with Crippen molar-refractivity contribution in [3.63, 3.8) is 0 Å². The van der Waals surface area contributed by atoms with Crippen molar-refractivity contribution >= 4 is 33.4 Å². The summed E-state index contributed by atoms with van der Waals surface area (Å²) in [6.07, 6.45) is 1.64. The van der Waals surface area contributed by atoms with Crippen LogP contribution in [-0.2, 0) is 0 Å². The van der Waals surface area contributed by atoms with E-state index in [2.05, 4.69) is 36.5 Å². The molecule has 0 unspecified atom stereocenters. The maximum absolute atomic E-state index is 8.54. The molecule has 5 nitrogen and oxygen atoms in total. The molecule has 0 saturated carbocycles. The number of para-hydroxylation sites is 1. The second-order valence-electron chi connectivity index (χ2n) is 3.39. The number of hydrogen-bond donors (Lipinski definition) is 2. The van der Waals surface area contributed by atoms with Crippen LogP contribution in [0.2, 0.25) is 0 Å². The van der Waals surface area contributed by atoms with E-state index in [9.17, 15) is 0 Å². The van der Waals surface area contributed by atoms with E-state index in [4.69, 9.17) is 5.26 Å². The number of hydrogen-bond acceptors (Lipinski definition) is 5. The molecule has 0 fully saturated rings. The molecule has 0 bridgehead atoms. The summed E-state index contributed by atoms with van der Waals surface area (Å²) in [6, 6.07) is 11.6. The Morgan fingerprint density at radius 1 is 1.28 bits per heavy atom. The molecule has 0 spiro atoms. The predicted molar refractivity (Wildman–Crippen MR) is 73.6 cm³/mol. The molecule has 0 aliphatic carbocycles. The summed E-state index contributed by atoms with van der Waals surface area (Å²) in [5, 5.41) is 14.5. The number of nitrogens with one attached hydrogen (secondary N) is 2. The Morgan fingerprint density at radius 3 is 2.78 bits per heavy atom. The summed E-state index contributed by atoms with van der Waals surface area (Å²) in [4.78, 5) is 8.42. The summed E-state index contributed by atoms with van der Waals surface area (Å²) < 4.78 is 0.719. The zero-order valence-corrected chi connectivity index (χ0v) is 11.0. The van der Waals surface area contributed by atoms with Crippen molar-refractivity contribution in [3.8, 4) is 6.07 Å². The molecule has 0 saturated heterocycles. The summed E-state index contributed by atoms with van der Waals surface area (Å²) in [5.74, 6) is 1.06. The van der Waals surface area contributed by atoms with E-state index in [0.29, 0.717) is 11.8 Å². The molecule has 0 radical (unpaired) electrons. The summed E-state index contributed by atoms with van der Waals surface area (Å²) in [6.45, 7) is 0.195. The van der Waals surface area contributed by atoms with Gasteiger partial charge in [0.05, 0.1) is 10.5 Å². The molecule has 0 atom stereocenters. The third-order valence-electron chi connectivity index (χ3n) is 2.11. The highest BCUT2D eigenvalue weighted by Crippen LogP contribution is 2.21. The highest BCUT2D eigenvalue weighted by atomic mass is 79.9. The second kappa shape index (κ2) is 5.98. The van der Waals surface area contributed by atoms with E-state index in [1.165, 1.54) is 0 Å². The minimum Gasteiger partial charge on any atom is -0.356 e. The van der Waals surface area contributed by atoms with Gasteiger partial charge in [0, 0.05) is 11.9 Å². The lowest BCUT2D eigenvalue weighted by Crippen LogP contribution is -2.05. The molecule has 2 N–H and O–H groups in total. The zero-order chi connectivity index (χ0) is 12.8. The average molecular weight is 304 g/mol. The van der Waals surface area contributed by atoms with Crippen LogP contribution in [0.5, 0.6) is 0 Å². The number of nitrogens with zero attached hydrogens (tertiary/aromatic N) is 3. The van der Waals surface area contributed by atoms with Crippen LogP contribution in [0.15, 0.2) is 41.0 Å². The first-order chi connectivity index (χ1) is 8.79. The van der Waals surface area contributed by atoms with E-state index in [-0.39, 0.29) is 6.54 Å². The van der Waals surface area contributed by atoms with Crippen LogP contribution < -0.4 is 10.6 Å². The Labute approximate surface area is 113 Å². The van der Waals surface area contributed by atoms with Crippen molar-refractivity contribution in [3.05, 3.63) is 41.0 Å². The quantitative estimate of drug-likeness (QED) is 0.850. The lowest BCUT2D eigenvalue weighted by atomic mass is 10.3. The van der Waals surface area contributed by atoms with Crippen LogP contribution in [0.4, 0.5) is 17.5 Å². The maximum atomic E-state index is 8.54. The van der Waals surface area contributed by atoms with Gasteiger partial charge in [-0.25, -0.2) is 4.98 Å². The van der Waals surface area contributed by atoms with E-state index in [1.54, 1.807) is 6.20 Å². The fraction of sp³-hybridized carbons (Fsp3) is 0.0833. The molecule has 0 aliphatic rings. The van der Waals surface area contributed by atoms with Crippen LogP contribution >= 0.6 is 15.9 Å². The van der Waals surface area contributed by atoms with Crippen molar-refractivity contribution < 1.29 is 0 Å². The minimum atomic E-state index is 0.195. The number of nitriles is 1. The van der Waals surface area contributed by atoms with Gasteiger partial charge in [-0.1, -0.05) is 18.2 Å². The Balaban J connectivity index is 2.17. The maximum Gasteiger partial charge on any atom is 0.229 e. The standard InChI is InChI=1S/C12H10BrN5/c13-10-8-16-12(18-11(10)15-7-6-14)17-9-4-2-1-3-5-9/h1-5,8H,7H2,(H2,15,16,17,18). The lowest BCUT2D eigenvalue weighted by molar-refractivity contribution is 1.13. The first-order valence-corrected chi connectivity index (χ1v) is 6.04. The zero-order valence-electron chi connectivity index (χ0n) is 9.39. The van der Waals surface area contributed by atoms with Crippen LogP contribution in [0.1, 0.15) is 0 Å². The molecule has 0 amide bonds. The smallest absolute Gasteiger partial charge is 0.229 e. The molecule has 90 valence electrons. The average Bonchev–Trinajstić information content (AvgIpc) is 2.40. The number of aromatic nitrogens is 2. The Bertz CT molecular complexity index is 564. The summed E-state index contributed by atoms with van der Waals surface area (Å²) >= 11 is 3.32. The van der Waals surface area contributed by atoms with Gasteiger partial charge in [-0.05, 0) is 28.1 Å². The Hall–Kier alpha value is -2.13. The van der Waals surface area contributed by atoms with Gasteiger partial charge < -0.3 is 10.6 Å². The molecule has 6 heteroatoms. The fourth-order valence-electron chi connectivity index (χ4n) is 1.33. The molecule has 2 rings (SSSR count). The molecular formula is C12H10BrN5. The Kier molecular flexibility index (Phi) is 4.10. The van der Waals surface area contributed by atoms with Crippen LogP contribution in [-0.4, -0.2) is 16.5 Å². The number of rotatable bonds is 4. The van der Waals surface area contributed by atoms with Gasteiger partial charge in [0.15, 0.2) is 0 Å². The van der Waals surface area contributed by atoms with Crippen LogP contribution in [0.25, 0.3) is 0 Å². The van der Waals surface area contributed by atoms with Crippen molar-refractivity contribution in [1.82, 2.24) is 9.97 Å². The van der Waals surface area contributed by atoms with Gasteiger partial charge in [-0.3, -0.25) is 0 Å². The first-order valence-electron chi connectivity index (χ1n) is 5.25. The highest BCUT2D eigenvalue weighted by Gasteiger charge is 2.04. The molecule has 1 aromatic carbocycles. The Morgan fingerprint density at radius 2 is 2.06 bits per heavy atom. The fourth-order valence-corrected chi connectivity index (χ4v) is 1.66. The van der Waals surface area contributed by atoms with Gasteiger partial charge in [-0.15, -0.1) is 0 Å². The molecule has 0 aliphatic heterocycles. The molecular weight excluding hydrogens is 294 g/mol. The third-order valence-corrected chi connectivity index (χ3v) is 2.69. The molecule has 18 heavy (non-hydrogen) atoms. The van der Waals surface area contributed by atoms with Crippen molar-refractivity contribution in [1.29, 1.82) is 5.26 Å². The highest BCUT2D eigenvalue weighted by molar-refractivity contribution is 9.10. The van der Waals surface area contributed by atoms with Crippen molar-refractivity contribution in [2.75, 3.05) is 17.2 Å². The minimum absolute atomic E-state index is 0.195. The molecule has 1 aromatic heterocycles. The number of anilines is 3. The van der Waals surface area contributed by atoms with Gasteiger partial charge >= 0.3 is 0 Å². The summed E-state index contributed by atoms with van der Waals surface area (Å²) in [7, 11) is 0. The monoisotopic (exact) mass is 303 g/mol. The second-order valence-corrected chi connectivity index (χ2v) is 4.25. The van der Waals surface area contributed by atoms with Crippen molar-refractivity contribution in [2.24, 2.45) is 0 Å². The predicted octanol–water partition coefficient (Wildman–Crippen LogP) is 2.92. The number of halogens is 1. The topological polar surface area (TPSA) is 73.6 Å². The van der Waals surface area contributed by atoms with Gasteiger partial charge in [0.2, 0.25) is 5.95 Å². The van der Waals surface area contributed by atoms with E-state index in [0.717, 1.165) is 10.2 Å². The van der Waals surface area contributed by atoms with E-state index >= 15 is 0 Å². The van der Waals surface area contributed by atoms with Crippen LogP contribution in [0, 0.1) is 11.3 Å². The van der Waals surface area contributed by atoms with E-state index < -0.39 is 0 Å². The normalized spacial score (nSPS) is 9.56. The summed E-state index contributed by atoms with van der Waals surface area (Å²) in [5.41, 5.74) is 0.908. The van der Waals surface area contributed by atoms with Gasteiger partial charge in [0.25, 0.3) is 0 Å². The SMILES string of the molecule is N#CCNc1nc(Nc2ccccc2)ncc1Br. The lowest BCUT2D eigenvalue weighted by Gasteiger charge is -2.08. The first kappa shape index (κ1) is 12.3. The van der Waals surface area contributed by atoms with Gasteiger partial charge in [0.1, 0.15) is 12.4 Å². The van der Waals surface area contributed by atoms with Crippen LogP contribution in [0.3, 0.4) is 0 Å². The van der Waals surface area contributed by atoms with Gasteiger partial charge in [-0.2, -0.15) is 10.2 Å². The molecule has 2 aromatic rings. The largest absolute Gasteiger partial charge is 0.356 e. The molecule has 1 heterocycles. The third kappa shape index (κ3) is 3.18. The number of benzene rings is 1.